The summed E-state index contributed by atoms with van der Waals surface area (Å²) >= 11 is 0. The van der Waals surface area contributed by atoms with Crippen LogP contribution in [0.5, 0.6) is 0 Å². The third-order valence-corrected chi connectivity index (χ3v) is 4.18. The minimum absolute atomic E-state index is 0.0534. The van der Waals surface area contributed by atoms with E-state index in [0.29, 0.717) is 25.4 Å². The fraction of sp³-hybridized carbons (Fsp3) is 0.500. The maximum absolute atomic E-state index is 12.1. The Bertz CT molecular complexity index is 668. The molecule has 0 radical (unpaired) electrons. The number of aliphatic hydroxyl groups excluding tert-OH is 1. The van der Waals surface area contributed by atoms with Crippen LogP contribution in [0.3, 0.4) is 0 Å². The van der Waals surface area contributed by atoms with E-state index < -0.39 is 0 Å². The molecule has 0 aliphatic carbocycles. The molecule has 1 aliphatic heterocycles. The molecule has 0 amide bonds. The molecule has 3 rings (SSSR count). The molecule has 0 saturated carbocycles. The van der Waals surface area contributed by atoms with Crippen molar-refractivity contribution in [2.24, 2.45) is 5.41 Å². The van der Waals surface area contributed by atoms with Crippen LogP contribution in [-0.4, -0.2) is 34.5 Å². The summed E-state index contributed by atoms with van der Waals surface area (Å²) in [5.41, 5.74) is 7.52. The number of imidazole rings is 1. The first-order valence-electron chi connectivity index (χ1n) is 6.80. The van der Waals surface area contributed by atoms with Gasteiger partial charge in [-0.3, -0.25) is 4.57 Å². The van der Waals surface area contributed by atoms with Gasteiger partial charge in [0.2, 0.25) is 0 Å². The first-order valence-corrected chi connectivity index (χ1v) is 6.80. The van der Waals surface area contributed by atoms with E-state index >= 15 is 0 Å². The lowest BCUT2D eigenvalue weighted by Gasteiger charge is -2.35. The molecule has 1 aliphatic rings. The zero-order valence-electron chi connectivity index (χ0n) is 11.3. The number of aromatic nitrogens is 2. The number of hydrogen-bond donors (Lipinski definition) is 3. The molecule has 1 aromatic heterocycles. The smallest absolute Gasteiger partial charge is 0.326 e. The predicted molar refractivity (Wildman–Crippen MR) is 76.5 cm³/mol. The fourth-order valence-electron chi connectivity index (χ4n) is 2.83. The number of nitrogens with one attached hydrogen (secondary N) is 1. The molecular formula is C14H19N3O3. The summed E-state index contributed by atoms with van der Waals surface area (Å²) in [4.78, 5) is 15.0. The molecule has 0 spiro atoms. The Morgan fingerprint density at radius 3 is 2.85 bits per heavy atom. The molecule has 0 unspecified atom stereocenters. The minimum atomic E-state index is -0.290. The van der Waals surface area contributed by atoms with Crippen LogP contribution in [0.25, 0.3) is 11.0 Å². The fourth-order valence-corrected chi connectivity index (χ4v) is 2.83. The number of aromatic amines is 1. The van der Waals surface area contributed by atoms with E-state index in [1.807, 2.05) is 0 Å². The number of fused-ring (bicyclic) bond motifs is 1. The number of hydrogen-bond acceptors (Lipinski definition) is 4. The van der Waals surface area contributed by atoms with Gasteiger partial charge in [0.1, 0.15) is 0 Å². The number of anilines is 1. The lowest BCUT2D eigenvalue weighted by atomic mass is 9.81. The van der Waals surface area contributed by atoms with Gasteiger partial charge < -0.3 is 20.6 Å². The molecule has 0 bridgehead atoms. The molecule has 2 aromatic rings. The van der Waals surface area contributed by atoms with Crippen LogP contribution in [0.2, 0.25) is 0 Å². The third kappa shape index (κ3) is 2.21. The normalized spacial score (nSPS) is 18.4. The van der Waals surface area contributed by atoms with Crippen molar-refractivity contribution in [2.45, 2.75) is 19.4 Å². The van der Waals surface area contributed by atoms with Gasteiger partial charge in [-0.05, 0) is 31.0 Å². The summed E-state index contributed by atoms with van der Waals surface area (Å²) in [5, 5.41) is 9.75. The number of nitrogens with zero attached hydrogens (tertiary/aromatic N) is 1. The van der Waals surface area contributed by atoms with Gasteiger partial charge in [0.05, 0.1) is 17.6 Å². The first-order chi connectivity index (χ1) is 9.63. The molecule has 1 fully saturated rings. The van der Waals surface area contributed by atoms with Gasteiger partial charge in [0.25, 0.3) is 0 Å². The van der Waals surface area contributed by atoms with Gasteiger partial charge in [-0.2, -0.15) is 0 Å². The SMILES string of the molecule is Nc1ccc2[nH]c(=O)n(CC3(CO)CCOCC3)c2c1. The van der Waals surface area contributed by atoms with Crippen molar-refractivity contribution in [3.63, 3.8) is 0 Å². The highest BCUT2D eigenvalue weighted by Gasteiger charge is 2.33. The average Bonchev–Trinajstić information content (AvgIpc) is 2.76. The molecular weight excluding hydrogens is 258 g/mol. The monoisotopic (exact) mass is 277 g/mol. The Morgan fingerprint density at radius 2 is 2.15 bits per heavy atom. The number of ether oxygens (including phenoxy) is 1. The highest BCUT2D eigenvalue weighted by molar-refractivity contribution is 5.78. The number of aliphatic hydroxyl groups is 1. The minimum Gasteiger partial charge on any atom is -0.399 e. The van der Waals surface area contributed by atoms with E-state index in [1.165, 1.54) is 0 Å². The third-order valence-electron chi connectivity index (χ3n) is 4.18. The van der Waals surface area contributed by atoms with Crippen LogP contribution >= 0.6 is 0 Å². The zero-order chi connectivity index (χ0) is 14.2. The maximum Gasteiger partial charge on any atom is 0.326 e. The molecule has 6 heteroatoms. The topological polar surface area (TPSA) is 93.3 Å². The number of nitrogens with two attached hydrogens (primary N) is 1. The largest absolute Gasteiger partial charge is 0.399 e. The molecule has 0 atom stereocenters. The Kier molecular flexibility index (Phi) is 3.27. The van der Waals surface area contributed by atoms with Crippen LogP contribution in [0.15, 0.2) is 23.0 Å². The summed E-state index contributed by atoms with van der Waals surface area (Å²) in [6.07, 6.45) is 1.51. The van der Waals surface area contributed by atoms with Crippen LogP contribution in [0.1, 0.15) is 12.8 Å². The van der Waals surface area contributed by atoms with E-state index in [2.05, 4.69) is 4.98 Å². The number of H-pyrrole nitrogens is 1. The number of nitrogen functional groups attached to an aromatic ring is 1. The van der Waals surface area contributed by atoms with E-state index in [0.717, 1.165) is 23.9 Å². The summed E-state index contributed by atoms with van der Waals surface area (Å²) in [6, 6.07) is 5.36. The summed E-state index contributed by atoms with van der Waals surface area (Å²) in [5.74, 6) is 0. The number of benzene rings is 1. The van der Waals surface area contributed by atoms with Crippen molar-refractivity contribution in [3.05, 3.63) is 28.7 Å². The Balaban J connectivity index is 2.03. The molecule has 20 heavy (non-hydrogen) atoms. The van der Waals surface area contributed by atoms with Gasteiger partial charge in [-0.1, -0.05) is 0 Å². The van der Waals surface area contributed by atoms with E-state index in [9.17, 15) is 9.90 Å². The Morgan fingerprint density at radius 1 is 1.40 bits per heavy atom. The Hall–Kier alpha value is -1.79. The van der Waals surface area contributed by atoms with E-state index in [-0.39, 0.29) is 17.7 Å². The zero-order valence-corrected chi connectivity index (χ0v) is 11.3. The molecule has 1 saturated heterocycles. The molecule has 2 heterocycles. The van der Waals surface area contributed by atoms with Gasteiger partial charge in [0.15, 0.2) is 0 Å². The number of rotatable bonds is 3. The summed E-state index contributed by atoms with van der Waals surface area (Å²) in [6.45, 7) is 1.78. The highest BCUT2D eigenvalue weighted by Crippen LogP contribution is 2.32. The van der Waals surface area contributed by atoms with Crippen LogP contribution in [-0.2, 0) is 11.3 Å². The van der Waals surface area contributed by atoms with Crippen molar-refractivity contribution < 1.29 is 9.84 Å². The highest BCUT2D eigenvalue weighted by atomic mass is 16.5. The Labute approximate surface area is 116 Å². The van der Waals surface area contributed by atoms with E-state index in [1.54, 1.807) is 22.8 Å². The van der Waals surface area contributed by atoms with Crippen molar-refractivity contribution in [2.75, 3.05) is 25.6 Å². The molecule has 108 valence electrons. The van der Waals surface area contributed by atoms with Gasteiger partial charge in [0, 0.05) is 30.9 Å². The standard InChI is InChI=1S/C14H19N3O3/c15-10-1-2-11-12(7-10)17(13(19)16-11)8-14(9-18)3-5-20-6-4-14/h1-2,7,18H,3-6,8-9,15H2,(H,16,19). The molecule has 6 nitrogen and oxygen atoms in total. The quantitative estimate of drug-likeness (QED) is 0.720. The lowest BCUT2D eigenvalue weighted by Crippen LogP contribution is -2.39. The van der Waals surface area contributed by atoms with Crippen LogP contribution in [0.4, 0.5) is 5.69 Å². The van der Waals surface area contributed by atoms with Crippen molar-refractivity contribution in [3.8, 4) is 0 Å². The second kappa shape index (κ2) is 4.96. The lowest BCUT2D eigenvalue weighted by molar-refractivity contribution is -0.0251. The van der Waals surface area contributed by atoms with E-state index in [4.69, 9.17) is 10.5 Å². The van der Waals surface area contributed by atoms with Crippen molar-refractivity contribution in [1.82, 2.24) is 9.55 Å². The molecule has 4 N–H and O–H groups in total. The maximum atomic E-state index is 12.1. The second-order valence-corrected chi connectivity index (χ2v) is 5.56. The van der Waals surface area contributed by atoms with Gasteiger partial charge in [-0.25, -0.2) is 4.79 Å². The predicted octanol–water partition coefficient (Wildman–Crippen LogP) is 0.701. The second-order valence-electron chi connectivity index (χ2n) is 5.56. The van der Waals surface area contributed by atoms with Gasteiger partial charge >= 0.3 is 5.69 Å². The summed E-state index contributed by atoms with van der Waals surface area (Å²) in [7, 11) is 0. The van der Waals surface area contributed by atoms with Gasteiger partial charge in [-0.15, -0.1) is 0 Å². The first kappa shape index (κ1) is 13.2. The summed E-state index contributed by atoms with van der Waals surface area (Å²) < 4.78 is 7.03. The van der Waals surface area contributed by atoms with Crippen LogP contribution in [0, 0.1) is 5.41 Å². The van der Waals surface area contributed by atoms with Crippen molar-refractivity contribution >= 4 is 16.7 Å². The molecule has 1 aromatic carbocycles. The van der Waals surface area contributed by atoms with Crippen molar-refractivity contribution in [1.29, 1.82) is 0 Å². The average molecular weight is 277 g/mol. The van der Waals surface area contributed by atoms with Crippen LogP contribution < -0.4 is 11.4 Å².